The maximum atomic E-state index is 13.4. The largest absolute Gasteiger partial charge is 0.368 e. The Hall–Kier alpha value is -3.95. The smallest absolute Gasteiger partial charge is 0.348 e. The van der Waals surface area contributed by atoms with Crippen LogP contribution in [0.5, 0.6) is 0 Å². The lowest BCUT2D eigenvalue weighted by molar-refractivity contribution is -0.120. The average molecular weight is 552 g/mol. The second kappa shape index (κ2) is 11.6. The van der Waals surface area contributed by atoms with Gasteiger partial charge >= 0.3 is 5.69 Å². The summed E-state index contributed by atoms with van der Waals surface area (Å²) in [5.41, 5.74) is 8.07. The van der Waals surface area contributed by atoms with Crippen molar-refractivity contribution in [2.24, 2.45) is 16.8 Å². The number of amides is 1. The summed E-state index contributed by atoms with van der Waals surface area (Å²) in [7, 11) is 0. The molecule has 0 radical (unpaired) electrons. The summed E-state index contributed by atoms with van der Waals surface area (Å²) in [5, 5.41) is 12.1. The molecular formula is C27H27Cl2N7O2. The molecule has 1 aliphatic heterocycles. The van der Waals surface area contributed by atoms with Crippen LogP contribution in [0.2, 0.25) is 10.0 Å². The monoisotopic (exact) mass is 551 g/mol. The fourth-order valence-electron chi connectivity index (χ4n) is 4.01. The summed E-state index contributed by atoms with van der Waals surface area (Å²) in [6.07, 6.45) is 9.15. The van der Waals surface area contributed by atoms with Crippen LogP contribution in [0.1, 0.15) is 31.1 Å². The molecule has 0 fully saturated rings. The Bertz CT molecular complexity index is 1490. The van der Waals surface area contributed by atoms with Crippen LogP contribution < -0.4 is 16.4 Å². The molecule has 2 N–H and O–H groups in total. The molecule has 3 heterocycles. The molecule has 0 spiro atoms. The summed E-state index contributed by atoms with van der Waals surface area (Å²) in [6.45, 7) is 8.16. The summed E-state index contributed by atoms with van der Waals surface area (Å²) < 4.78 is 2.48. The summed E-state index contributed by atoms with van der Waals surface area (Å²) in [4.78, 5) is 29.8. The first-order valence-corrected chi connectivity index (χ1v) is 12.6. The molecule has 1 aliphatic rings. The lowest BCUT2D eigenvalue weighted by atomic mass is 9.91. The minimum absolute atomic E-state index is 0.0747. The molecule has 38 heavy (non-hydrogen) atoms. The Labute approximate surface area is 230 Å². The first-order chi connectivity index (χ1) is 18.2. The van der Waals surface area contributed by atoms with Gasteiger partial charge in [0.15, 0.2) is 0 Å². The maximum Gasteiger partial charge on any atom is 0.348 e. The number of carbonyl (C=O) groups is 1. The van der Waals surface area contributed by atoms with Gasteiger partial charge in [-0.05, 0) is 49.2 Å². The van der Waals surface area contributed by atoms with E-state index in [2.05, 4.69) is 16.7 Å². The zero-order valence-electron chi connectivity index (χ0n) is 21.0. The van der Waals surface area contributed by atoms with Crippen molar-refractivity contribution in [2.45, 2.75) is 26.4 Å². The first-order valence-electron chi connectivity index (χ1n) is 11.9. The van der Waals surface area contributed by atoms with Gasteiger partial charge in [-0.3, -0.25) is 9.78 Å². The van der Waals surface area contributed by atoms with Gasteiger partial charge in [0.1, 0.15) is 6.04 Å². The van der Waals surface area contributed by atoms with Crippen LogP contribution in [-0.4, -0.2) is 37.5 Å². The predicted molar refractivity (Wildman–Crippen MR) is 151 cm³/mol. The van der Waals surface area contributed by atoms with Gasteiger partial charge < -0.3 is 5.73 Å². The van der Waals surface area contributed by atoms with E-state index in [0.717, 1.165) is 16.8 Å². The summed E-state index contributed by atoms with van der Waals surface area (Å²) in [6, 6.07) is 9.76. The molecule has 2 aromatic heterocycles. The molecular weight excluding hydrogens is 525 g/mol. The Morgan fingerprint density at radius 2 is 1.89 bits per heavy atom. The summed E-state index contributed by atoms with van der Waals surface area (Å²) in [5.74, 6) is -0.698. The standard InChI is InChI=1S/C27H27Cl2N7O2/c1-4-5-6-7-17(2)23-16-34(32-24(23)19-8-10-20(28)11-9-19)26-33-35(15-22-13-12-21(29)14-31-22)27(38)36(26)18(3)25(30)37/h4-14,18,23H,2,15-16H2,1,3H3,(H2,30,37)/b5-4-,7-6-/t18-,23+/m0/s1. The van der Waals surface area contributed by atoms with E-state index in [9.17, 15) is 9.59 Å². The number of nitrogens with zero attached hydrogens (tertiary/aromatic N) is 6. The van der Waals surface area contributed by atoms with E-state index in [0.29, 0.717) is 22.3 Å². The SMILES string of the molecule is C=C(/C=C\C=C/C)[C@H]1CN(c2nn(Cc3ccc(Cl)cn3)c(=O)n2[C@@H](C)C(N)=O)N=C1c1ccc(Cl)cc1. The molecule has 0 unspecified atom stereocenters. The highest BCUT2D eigenvalue weighted by atomic mass is 35.5. The van der Waals surface area contributed by atoms with Crippen LogP contribution in [-0.2, 0) is 11.3 Å². The van der Waals surface area contributed by atoms with E-state index >= 15 is 0 Å². The van der Waals surface area contributed by atoms with Crippen LogP contribution in [0.3, 0.4) is 0 Å². The molecule has 1 aromatic carbocycles. The topological polar surface area (TPSA) is 111 Å². The van der Waals surface area contributed by atoms with E-state index in [1.165, 1.54) is 15.4 Å². The lowest BCUT2D eigenvalue weighted by Gasteiger charge is -2.18. The number of allylic oxidation sites excluding steroid dienone is 4. The zero-order chi connectivity index (χ0) is 27.4. The predicted octanol–water partition coefficient (Wildman–Crippen LogP) is 4.37. The van der Waals surface area contributed by atoms with E-state index in [-0.39, 0.29) is 18.4 Å². The highest BCUT2D eigenvalue weighted by Gasteiger charge is 2.34. The highest BCUT2D eigenvalue weighted by Crippen LogP contribution is 2.30. The van der Waals surface area contributed by atoms with E-state index in [1.54, 1.807) is 36.2 Å². The van der Waals surface area contributed by atoms with Crippen molar-refractivity contribution >= 4 is 40.8 Å². The number of hydrogen-bond donors (Lipinski definition) is 1. The number of primary amides is 1. The quantitative estimate of drug-likeness (QED) is 0.397. The number of nitrogens with two attached hydrogens (primary N) is 1. The summed E-state index contributed by atoms with van der Waals surface area (Å²) >= 11 is 12.1. The van der Waals surface area contributed by atoms with Gasteiger partial charge in [0, 0.05) is 17.1 Å². The van der Waals surface area contributed by atoms with Crippen molar-refractivity contribution in [3.05, 3.63) is 111 Å². The second-order valence-electron chi connectivity index (χ2n) is 8.74. The number of aromatic nitrogens is 4. The molecule has 0 saturated carbocycles. The van der Waals surface area contributed by atoms with E-state index in [4.69, 9.17) is 34.0 Å². The van der Waals surface area contributed by atoms with E-state index in [1.807, 2.05) is 43.4 Å². The third-order valence-corrected chi connectivity index (χ3v) is 6.57. The number of pyridine rings is 1. The third kappa shape index (κ3) is 5.79. The van der Waals surface area contributed by atoms with Gasteiger partial charge in [-0.25, -0.2) is 19.1 Å². The van der Waals surface area contributed by atoms with Gasteiger partial charge in [0.2, 0.25) is 11.9 Å². The van der Waals surface area contributed by atoms with Crippen molar-refractivity contribution in [3.8, 4) is 0 Å². The Kier molecular flexibility index (Phi) is 8.29. The minimum Gasteiger partial charge on any atom is -0.368 e. The molecule has 4 rings (SSSR count). The number of halogens is 2. The Morgan fingerprint density at radius 1 is 1.18 bits per heavy atom. The van der Waals surface area contributed by atoms with Crippen molar-refractivity contribution in [2.75, 3.05) is 11.6 Å². The molecule has 0 bridgehead atoms. The Balaban J connectivity index is 1.79. The van der Waals surface area contributed by atoms with Crippen molar-refractivity contribution < 1.29 is 4.79 Å². The van der Waals surface area contributed by atoms with Crippen LogP contribution >= 0.6 is 23.2 Å². The van der Waals surface area contributed by atoms with Crippen molar-refractivity contribution in [1.29, 1.82) is 0 Å². The fourth-order valence-corrected chi connectivity index (χ4v) is 4.25. The molecule has 196 valence electrons. The maximum absolute atomic E-state index is 13.4. The number of anilines is 1. The average Bonchev–Trinajstić information content (AvgIpc) is 3.47. The molecule has 2 atom stereocenters. The molecule has 0 saturated heterocycles. The van der Waals surface area contributed by atoms with Gasteiger partial charge in [-0.2, -0.15) is 5.10 Å². The number of carbonyl (C=O) groups excluding carboxylic acids is 1. The van der Waals surface area contributed by atoms with Crippen LogP contribution in [0.15, 0.2) is 88.9 Å². The fraction of sp³-hybridized carbons (Fsp3) is 0.222. The molecule has 9 nitrogen and oxygen atoms in total. The van der Waals surface area contributed by atoms with Crippen LogP contribution in [0.25, 0.3) is 0 Å². The lowest BCUT2D eigenvalue weighted by Crippen LogP contribution is -2.35. The van der Waals surface area contributed by atoms with Gasteiger partial charge in [0.05, 0.1) is 29.5 Å². The van der Waals surface area contributed by atoms with E-state index < -0.39 is 17.6 Å². The molecule has 3 aromatic rings. The number of hydrogen-bond acceptors (Lipinski definition) is 6. The van der Waals surface area contributed by atoms with Gasteiger partial charge in [-0.1, -0.05) is 66.2 Å². The molecule has 11 heteroatoms. The second-order valence-corrected chi connectivity index (χ2v) is 9.62. The van der Waals surface area contributed by atoms with Crippen LogP contribution in [0, 0.1) is 5.92 Å². The van der Waals surface area contributed by atoms with Crippen molar-refractivity contribution in [3.63, 3.8) is 0 Å². The van der Waals surface area contributed by atoms with Gasteiger partial charge in [-0.15, -0.1) is 5.10 Å². The number of benzene rings is 1. The number of hydrazone groups is 1. The minimum atomic E-state index is -0.963. The first kappa shape index (κ1) is 27.1. The Morgan fingerprint density at radius 3 is 2.53 bits per heavy atom. The highest BCUT2D eigenvalue weighted by molar-refractivity contribution is 6.30. The molecule has 0 aliphatic carbocycles. The molecule has 1 amide bonds. The third-order valence-electron chi connectivity index (χ3n) is 6.10. The van der Waals surface area contributed by atoms with Crippen molar-refractivity contribution in [1.82, 2.24) is 19.3 Å². The van der Waals surface area contributed by atoms with Gasteiger partial charge in [0.25, 0.3) is 0 Å². The normalized spacial score (nSPS) is 16.4. The number of rotatable bonds is 9. The zero-order valence-corrected chi connectivity index (χ0v) is 22.5. The van der Waals surface area contributed by atoms with Crippen LogP contribution in [0.4, 0.5) is 5.95 Å².